The maximum absolute atomic E-state index is 12.3. The first-order chi connectivity index (χ1) is 12.5. The lowest BCUT2D eigenvalue weighted by atomic mass is 10.1. The highest BCUT2D eigenvalue weighted by Gasteiger charge is 2.11. The zero-order chi connectivity index (χ0) is 18.5. The third-order valence-electron chi connectivity index (χ3n) is 4.15. The van der Waals surface area contributed by atoms with E-state index in [4.69, 9.17) is 0 Å². The number of aryl methyl sites for hydroxylation is 2. The van der Waals surface area contributed by atoms with Crippen molar-refractivity contribution in [1.82, 2.24) is 25.1 Å². The number of nitrogens with zero attached hydrogens (tertiary/aromatic N) is 4. The molecule has 0 spiro atoms. The van der Waals surface area contributed by atoms with Gasteiger partial charge in [-0.25, -0.2) is 9.97 Å². The van der Waals surface area contributed by atoms with Gasteiger partial charge in [0.05, 0.1) is 11.3 Å². The number of nitrogens with one attached hydrogen (secondary N) is 1. The van der Waals surface area contributed by atoms with Crippen LogP contribution in [0.5, 0.6) is 0 Å². The van der Waals surface area contributed by atoms with Crippen LogP contribution < -0.4 is 5.32 Å². The van der Waals surface area contributed by atoms with Gasteiger partial charge < -0.3 is 5.32 Å². The molecule has 3 rings (SSSR count). The lowest BCUT2D eigenvalue weighted by Crippen LogP contribution is -2.30. The van der Waals surface area contributed by atoms with E-state index in [0.717, 1.165) is 23.5 Å². The molecule has 0 aliphatic rings. The molecule has 6 nitrogen and oxygen atoms in total. The van der Waals surface area contributed by atoms with E-state index in [0.29, 0.717) is 17.9 Å². The van der Waals surface area contributed by atoms with Gasteiger partial charge in [0.1, 0.15) is 0 Å². The van der Waals surface area contributed by atoms with E-state index in [1.54, 1.807) is 12.4 Å². The predicted molar refractivity (Wildman–Crippen MR) is 101 cm³/mol. The van der Waals surface area contributed by atoms with E-state index in [1.165, 1.54) is 0 Å². The summed E-state index contributed by atoms with van der Waals surface area (Å²) in [7, 11) is 0. The van der Waals surface area contributed by atoms with Crippen LogP contribution in [0.15, 0.2) is 48.8 Å². The highest BCUT2D eigenvalue weighted by Crippen LogP contribution is 2.13. The molecule has 0 aliphatic carbocycles. The van der Waals surface area contributed by atoms with E-state index in [-0.39, 0.29) is 11.8 Å². The molecule has 1 N–H and O–H groups in total. The third kappa shape index (κ3) is 4.33. The molecule has 0 fully saturated rings. The van der Waals surface area contributed by atoms with Crippen LogP contribution >= 0.6 is 0 Å². The average molecular weight is 349 g/mol. The molecular weight excluding hydrogens is 326 g/mol. The molecule has 1 amide bonds. The Kier molecular flexibility index (Phi) is 5.41. The summed E-state index contributed by atoms with van der Waals surface area (Å²) in [4.78, 5) is 20.9. The Balaban J connectivity index is 1.55. The molecule has 6 heteroatoms. The van der Waals surface area contributed by atoms with Crippen LogP contribution in [0.25, 0.3) is 11.4 Å². The molecule has 0 bridgehead atoms. The lowest BCUT2D eigenvalue weighted by Gasteiger charge is -2.14. The minimum Gasteiger partial charge on any atom is -0.352 e. The summed E-state index contributed by atoms with van der Waals surface area (Å²) < 4.78 is 1.98. The molecule has 26 heavy (non-hydrogen) atoms. The monoisotopic (exact) mass is 349 g/mol. The van der Waals surface area contributed by atoms with Crippen molar-refractivity contribution in [3.8, 4) is 11.4 Å². The van der Waals surface area contributed by atoms with E-state index in [2.05, 4.69) is 33.4 Å². The second-order valence-electron chi connectivity index (χ2n) is 6.59. The molecule has 0 radical (unpaired) electrons. The van der Waals surface area contributed by atoms with Crippen molar-refractivity contribution in [2.75, 3.05) is 6.54 Å². The molecule has 0 saturated heterocycles. The van der Waals surface area contributed by atoms with Gasteiger partial charge in [-0.15, -0.1) is 0 Å². The number of carbonyl (C=O) groups is 1. The van der Waals surface area contributed by atoms with Crippen LogP contribution in [0, 0.1) is 19.8 Å². The SMILES string of the molecule is Cc1cc(C)n(C[C@H](C)CNC(=O)c2cnc(-c3ccccc3)nc2)n1. The van der Waals surface area contributed by atoms with E-state index in [1.807, 2.05) is 48.9 Å². The summed E-state index contributed by atoms with van der Waals surface area (Å²) >= 11 is 0. The number of hydrogen-bond donors (Lipinski definition) is 1. The van der Waals surface area contributed by atoms with Gasteiger partial charge in [0, 0.05) is 36.7 Å². The third-order valence-corrected chi connectivity index (χ3v) is 4.15. The Labute approximate surface area is 153 Å². The van der Waals surface area contributed by atoms with E-state index >= 15 is 0 Å². The summed E-state index contributed by atoms with van der Waals surface area (Å²) in [6.45, 7) is 7.44. The topological polar surface area (TPSA) is 72.7 Å². The molecule has 0 unspecified atom stereocenters. The van der Waals surface area contributed by atoms with Crippen molar-refractivity contribution in [1.29, 1.82) is 0 Å². The molecule has 1 atom stereocenters. The highest BCUT2D eigenvalue weighted by molar-refractivity contribution is 5.93. The van der Waals surface area contributed by atoms with E-state index < -0.39 is 0 Å². The number of amides is 1. The maximum atomic E-state index is 12.3. The normalized spacial score (nSPS) is 12.0. The number of carbonyl (C=O) groups excluding carboxylic acids is 1. The fourth-order valence-corrected chi connectivity index (χ4v) is 2.77. The molecule has 0 saturated carbocycles. The Morgan fingerprint density at radius 2 is 1.85 bits per heavy atom. The van der Waals surface area contributed by atoms with Crippen LogP contribution in [0.2, 0.25) is 0 Å². The Morgan fingerprint density at radius 3 is 2.46 bits per heavy atom. The van der Waals surface area contributed by atoms with Crippen LogP contribution in [-0.4, -0.2) is 32.2 Å². The number of hydrogen-bond acceptors (Lipinski definition) is 4. The van der Waals surface area contributed by atoms with E-state index in [9.17, 15) is 4.79 Å². The fourth-order valence-electron chi connectivity index (χ4n) is 2.77. The minimum atomic E-state index is -0.162. The second-order valence-corrected chi connectivity index (χ2v) is 6.59. The first-order valence-electron chi connectivity index (χ1n) is 8.69. The van der Waals surface area contributed by atoms with Gasteiger partial charge in [-0.1, -0.05) is 37.3 Å². The van der Waals surface area contributed by atoms with Gasteiger partial charge in [-0.2, -0.15) is 5.10 Å². The Hall–Kier alpha value is -3.02. The summed E-state index contributed by atoms with van der Waals surface area (Å²) in [5, 5.41) is 7.40. The van der Waals surface area contributed by atoms with Crippen molar-refractivity contribution in [3.63, 3.8) is 0 Å². The number of rotatable bonds is 6. The van der Waals surface area contributed by atoms with Gasteiger partial charge in [0.2, 0.25) is 0 Å². The maximum Gasteiger partial charge on any atom is 0.254 e. The lowest BCUT2D eigenvalue weighted by molar-refractivity contribution is 0.0946. The molecule has 1 aromatic carbocycles. The fraction of sp³-hybridized carbons (Fsp3) is 0.300. The molecule has 0 aliphatic heterocycles. The molecule has 2 aromatic heterocycles. The second kappa shape index (κ2) is 7.91. The highest BCUT2D eigenvalue weighted by atomic mass is 16.1. The Morgan fingerprint density at radius 1 is 1.15 bits per heavy atom. The average Bonchev–Trinajstić information content (AvgIpc) is 2.97. The molecular formula is C20H23N5O. The van der Waals surface area contributed by atoms with Crippen molar-refractivity contribution in [3.05, 3.63) is 65.7 Å². The van der Waals surface area contributed by atoms with Gasteiger partial charge in [-0.05, 0) is 25.8 Å². The van der Waals surface area contributed by atoms with Crippen molar-refractivity contribution in [2.45, 2.75) is 27.3 Å². The van der Waals surface area contributed by atoms with Crippen molar-refractivity contribution in [2.24, 2.45) is 5.92 Å². The van der Waals surface area contributed by atoms with Crippen molar-refractivity contribution < 1.29 is 4.79 Å². The minimum absolute atomic E-state index is 0.162. The largest absolute Gasteiger partial charge is 0.352 e. The predicted octanol–water partition coefficient (Wildman–Crippen LogP) is 3.02. The van der Waals surface area contributed by atoms with Crippen LogP contribution in [-0.2, 0) is 6.54 Å². The zero-order valence-electron chi connectivity index (χ0n) is 15.3. The first-order valence-corrected chi connectivity index (χ1v) is 8.69. The van der Waals surface area contributed by atoms with Crippen molar-refractivity contribution >= 4 is 5.91 Å². The van der Waals surface area contributed by atoms with Gasteiger partial charge >= 0.3 is 0 Å². The first kappa shape index (κ1) is 17.8. The van der Waals surface area contributed by atoms with Crippen LogP contribution in [0.1, 0.15) is 28.7 Å². The van der Waals surface area contributed by atoms with Crippen LogP contribution in [0.3, 0.4) is 0 Å². The quantitative estimate of drug-likeness (QED) is 0.742. The van der Waals surface area contributed by atoms with Gasteiger partial charge in [0.25, 0.3) is 5.91 Å². The molecule has 2 heterocycles. The molecule has 3 aromatic rings. The summed E-state index contributed by atoms with van der Waals surface area (Å²) in [6.07, 6.45) is 3.13. The summed E-state index contributed by atoms with van der Waals surface area (Å²) in [6, 6.07) is 11.7. The Bertz CT molecular complexity index is 871. The number of aromatic nitrogens is 4. The summed E-state index contributed by atoms with van der Waals surface area (Å²) in [5.74, 6) is 0.714. The van der Waals surface area contributed by atoms with Gasteiger partial charge in [-0.3, -0.25) is 9.48 Å². The summed E-state index contributed by atoms with van der Waals surface area (Å²) in [5.41, 5.74) is 3.53. The zero-order valence-corrected chi connectivity index (χ0v) is 15.3. The standard InChI is InChI=1S/C20H23N5O/c1-14(13-25-16(3)9-15(2)24-25)10-23-20(26)18-11-21-19(22-12-18)17-7-5-4-6-8-17/h4-9,11-12,14H,10,13H2,1-3H3,(H,23,26)/t14-/m1/s1. The van der Waals surface area contributed by atoms with Crippen LogP contribution in [0.4, 0.5) is 0 Å². The molecule has 134 valence electrons. The number of benzene rings is 1. The smallest absolute Gasteiger partial charge is 0.254 e. The van der Waals surface area contributed by atoms with Gasteiger partial charge in [0.15, 0.2) is 5.82 Å².